The van der Waals surface area contributed by atoms with Crippen molar-refractivity contribution in [2.24, 2.45) is 0 Å². The summed E-state index contributed by atoms with van der Waals surface area (Å²) in [5, 5.41) is 4.57. The van der Waals surface area contributed by atoms with Crippen LogP contribution in [0.3, 0.4) is 0 Å². The molecule has 1 aliphatic rings. The molecule has 2 heterocycles. The molecule has 0 atom stereocenters. The maximum Gasteiger partial charge on any atom is 0.349 e. The molecule has 0 unspecified atom stereocenters. The maximum atomic E-state index is 12.8. The normalized spacial score (nSPS) is 14.1. The van der Waals surface area contributed by atoms with E-state index in [0.717, 1.165) is 11.1 Å². The summed E-state index contributed by atoms with van der Waals surface area (Å²) in [5.41, 5.74) is 0.871. The highest BCUT2D eigenvalue weighted by Gasteiger charge is 2.25. The van der Waals surface area contributed by atoms with Crippen molar-refractivity contribution in [3.63, 3.8) is 0 Å². The summed E-state index contributed by atoms with van der Waals surface area (Å²) >= 11 is 5.47. The number of carbonyl (C=O) groups excluding carboxylic acids is 1. The predicted octanol–water partition coefficient (Wildman–Crippen LogP) is 2.95. The van der Waals surface area contributed by atoms with E-state index in [-0.39, 0.29) is 11.5 Å². The van der Waals surface area contributed by atoms with E-state index in [2.05, 4.69) is 5.32 Å². The molecule has 142 valence electrons. The van der Waals surface area contributed by atoms with Gasteiger partial charge in [0, 0.05) is 37.3 Å². The van der Waals surface area contributed by atoms with E-state index in [4.69, 9.17) is 16.6 Å². The first-order chi connectivity index (χ1) is 13.6. The van der Waals surface area contributed by atoms with Gasteiger partial charge in [-0.1, -0.05) is 36.4 Å². The Morgan fingerprint density at radius 1 is 0.929 bits per heavy atom. The summed E-state index contributed by atoms with van der Waals surface area (Å²) in [4.78, 5) is 28.8. The van der Waals surface area contributed by atoms with E-state index in [1.54, 1.807) is 23.1 Å². The average molecular weight is 393 g/mol. The molecule has 3 aromatic rings. The highest BCUT2D eigenvalue weighted by molar-refractivity contribution is 7.80. The molecule has 4 rings (SSSR count). The zero-order valence-corrected chi connectivity index (χ0v) is 15.9. The van der Waals surface area contributed by atoms with Crippen molar-refractivity contribution in [2.75, 3.05) is 31.5 Å². The number of hydrogen-bond donors (Lipinski definition) is 1. The predicted molar refractivity (Wildman–Crippen MR) is 113 cm³/mol. The lowest BCUT2D eigenvalue weighted by molar-refractivity contribution is 0.0689. The molecule has 1 aliphatic heterocycles. The number of piperazine rings is 1. The van der Waals surface area contributed by atoms with E-state index < -0.39 is 5.63 Å². The summed E-state index contributed by atoms with van der Waals surface area (Å²) in [5.74, 6) is -0.305. The van der Waals surface area contributed by atoms with E-state index >= 15 is 0 Å². The van der Waals surface area contributed by atoms with Gasteiger partial charge in [-0.3, -0.25) is 4.79 Å². The van der Waals surface area contributed by atoms with Gasteiger partial charge >= 0.3 is 5.63 Å². The van der Waals surface area contributed by atoms with Crippen LogP contribution in [0.4, 0.5) is 5.69 Å². The first kappa shape index (κ1) is 18.2. The van der Waals surface area contributed by atoms with E-state index in [9.17, 15) is 9.59 Å². The third kappa shape index (κ3) is 3.75. The summed E-state index contributed by atoms with van der Waals surface area (Å²) in [6, 6.07) is 18.5. The Morgan fingerprint density at radius 3 is 2.32 bits per heavy atom. The van der Waals surface area contributed by atoms with Crippen LogP contribution < -0.4 is 10.9 Å². The number of hydrogen-bond acceptors (Lipinski definition) is 4. The molecule has 6 nitrogen and oxygen atoms in total. The van der Waals surface area contributed by atoms with E-state index in [1.165, 1.54) is 0 Å². The molecular weight excluding hydrogens is 374 g/mol. The molecule has 0 spiro atoms. The lowest BCUT2D eigenvalue weighted by atomic mass is 10.1. The summed E-state index contributed by atoms with van der Waals surface area (Å²) in [6.45, 7) is 2.18. The summed E-state index contributed by atoms with van der Waals surface area (Å²) < 4.78 is 5.29. The third-order valence-corrected chi connectivity index (χ3v) is 5.11. The van der Waals surface area contributed by atoms with Crippen LogP contribution in [0.1, 0.15) is 10.4 Å². The number of benzene rings is 2. The van der Waals surface area contributed by atoms with Crippen LogP contribution >= 0.6 is 12.2 Å². The lowest BCUT2D eigenvalue weighted by Gasteiger charge is -2.36. The maximum absolute atomic E-state index is 12.8. The fourth-order valence-corrected chi connectivity index (χ4v) is 3.52. The standard InChI is InChI=1S/C21H19N3O3S/c25-19(17-14-15-6-4-5-9-18(15)27-20(17)26)23-10-12-24(13-11-23)21(28)22-16-7-2-1-3-8-16/h1-9,14H,10-13H2,(H,22,28). The minimum Gasteiger partial charge on any atom is -0.422 e. The molecule has 0 aliphatic carbocycles. The Morgan fingerprint density at radius 2 is 1.57 bits per heavy atom. The number of thiocarbonyl (C=S) groups is 1. The summed E-state index contributed by atoms with van der Waals surface area (Å²) in [7, 11) is 0. The molecule has 0 radical (unpaired) electrons. The smallest absolute Gasteiger partial charge is 0.349 e. The molecule has 0 saturated carbocycles. The highest BCUT2D eigenvalue weighted by Crippen LogP contribution is 2.15. The number of nitrogens with zero attached hydrogens (tertiary/aromatic N) is 2. The molecule has 7 heteroatoms. The van der Waals surface area contributed by atoms with Crippen molar-refractivity contribution >= 4 is 39.9 Å². The Labute approximate surface area is 167 Å². The number of amides is 1. The van der Waals surface area contributed by atoms with Crippen LogP contribution in [0.25, 0.3) is 11.0 Å². The van der Waals surface area contributed by atoms with Crippen molar-refractivity contribution in [3.8, 4) is 0 Å². The lowest BCUT2D eigenvalue weighted by Crippen LogP contribution is -2.52. The average Bonchev–Trinajstić information content (AvgIpc) is 2.73. The van der Waals surface area contributed by atoms with Crippen molar-refractivity contribution < 1.29 is 9.21 Å². The van der Waals surface area contributed by atoms with E-state index in [0.29, 0.717) is 36.9 Å². The molecule has 1 saturated heterocycles. The first-order valence-corrected chi connectivity index (χ1v) is 9.46. The van der Waals surface area contributed by atoms with Gasteiger partial charge in [0.2, 0.25) is 0 Å². The molecule has 1 N–H and O–H groups in total. The number of nitrogens with one attached hydrogen (secondary N) is 1. The Balaban J connectivity index is 1.42. The molecule has 2 aromatic carbocycles. The van der Waals surface area contributed by atoms with Crippen LogP contribution in [0.5, 0.6) is 0 Å². The minimum absolute atomic E-state index is 0.0668. The molecule has 1 amide bonds. The Hall–Kier alpha value is -3.19. The number of carbonyl (C=O) groups is 1. The Bertz CT molecular complexity index is 1070. The van der Waals surface area contributed by atoms with Gasteiger partial charge in [0.15, 0.2) is 5.11 Å². The monoisotopic (exact) mass is 393 g/mol. The fraction of sp³-hybridized carbons (Fsp3) is 0.190. The second-order valence-electron chi connectivity index (χ2n) is 6.56. The van der Waals surface area contributed by atoms with Crippen LogP contribution in [-0.2, 0) is 0 Å². The van der Waals surface area contributed by atoms with Gasteiger partial charge in [0.25, 0.3) is 5.91 Å². The van der Waals surface area contributed by atoms with Crippen LogP contribution in [0.15, 0.2) is 69.9 Å². The van der Waals surface area contributed by atoms with Gasteiger partial charge in [-0.15, -0.1) is 0 Å². The highest BCUT2D eigenvalue weighted by atomic mass is 32.1. The zero-order valence-electron chi connectivity index (χ0n) is 15.1. The SMILES string of the molecule is O=C(c1cc2ccccc2oc1=O)N1CCN(C(=S)Nc2ccccc2)CC1. The van der Waals surface area contributed by atoms with Gasteiger partial charge in [0.1, 0.15) is 11.1 Å². The van der Waals surface area contributed by atoms with Gasteiger partial charge in [-0.05, 0) is 36.5 Å². The largest absolute Gasteiger partial charge is 0.422 e. The number of anilines is 1. The topological polar surface area (TPSA) is 65.8 Å². The van der Waals surface area contributed by atoms with Crippen molar-refractivity contribution in [2.45, 2.75) is 0 Å². The fourth-order valence-electron chi connectivity index (χ4n) is 3.22. The summed E-state index contributed by atoms with van der Waals surface area (Å²) in [6.07, 6.45) is 0. The quantitative estimate of drug-likeness (QED) is 0.533. The molecule has 28 heavy (non-hydrogen) atoms. The van der Waals surface area contributed by atoms with Crippen LogP contribution in [0.2, 0.25) is 0 Å². The van der Waals surface area contributed by atoms with Gasteiger partial charge in [0.05, 0.1) is 0 Å². The molecule has 0 bridgehead atoms. The minimum atomic E-state index is -0.604. The molecule has 1 aromatic heterocycles. The van der Waals surface area contributed by atoms with Crippen LogP contribution in [0, 0.1) is 0 Å². The second-order valence-corrected chi connectivity index (χ2v) is 6.95. The molecular formula is C21H19N3O3S. The van der Waals surface area contributed by atoms with Gasteiger partial charge in [-0.2, -0.15) is 0 Å². The van der Waals surface area contributed by atoms with Crippen LogP contribution in [-0.4, -0.2) is 47.0 Å². The van der Waals surface area contributed by atoms with Gasteiger partial charge < -0.3 is 19.5 Å². The van der Waals surface area contributed by atoms with Crippen molar-refractivity contribution in [1.29, 1.82) is 0 Å². The number of fused-ring (bicyclic) bond motifs is 1. The zero-order chi connectivity index (χ0) is 19.5. The third-order valence-electron chi connectivity index (χ3n) is 4.75. The van der Waals surface area contributed by atoms with Crippen molar-refractivity contribution in [3.05, 3.63) is 76.6 Å². The van der Waals surface area contributed by atoms with Crippen molar-refractivity contribution in [1.82, 2.24) is 9.80 Å². The van der Waals surface area contributed by atoms with Gasteiger partial charge in [-0.25, -0.2) is 4.79 Å². The Kier molecular flexibility index (Phi) is 5.08. The number of rotatable bonds is 2. The number of para-hydroxylation sites is 2. The molecule has 1 fully saturated rings. The van der Waals surface area contributed by atoms with E-state index in [1.807, 2.05) is 47.4 Å². The first-order valence-electron chi connectivity index (χ1n) is 9.05. The second kappa shape index (κ2) is 7.82.